The van der Waals surface area contributed by atoms with Gasteiger partial charge in [0.05, 0.1) is 29.8 Å². The quantitative estimate of drug-likeness (QED) is 0.679. The number of anilines is 1. The van der Waals surface area contributed by atoms with Crippen molar-refractivity contribution in [1.29, 1.82) is 0 Å². The first-order valence-electron chi connectivity index (χ1n) is 8.75. The van der Waals surface area contributed by atoms with Crippen molar-refractivity contribution in [3.8, 4) is 11.5 Å². The molecule has 1 fully saturated rings. The van der Waals surface area contributed by atoms with Gasteiger partial charge in [-0.25, -0.2) is 12.8 Å². The lowest BCUT2D eigenvalue weighted by atomic mass is 10.3. The summed E-state index contributed by atoms with van der Waals surface area (Å²) in [6.07, 6.45) is 1.72. The van der Waals surface area contributed by atoms with E-state index in [2.05, 4.69) is 5.32 Å². The van der Waals surface area contributed by atoms with E-state index in [0.29, 0.717) is 5.75 Å². The summed E-state index contributed by atoms with van der Waals surface area (Å²) in [5.41, 5.74) is 0.0668. The lowest BCUT2D eigenvalue weighted by molar-refractivity contribution is -0.119. The van der Waals surface area contributed by atoms with E-state index in [-0.39, 0.29) is 27.4 Å². The van der Waals surface area contributed by atoms with Crippen molar-refractivity contribution in [2.75, 3.05) is 25.1 Å². The van der Waals surface area contributed by atoms with Gasteiger partial charge in [0.25, 0.3) is 10.0 Å². The number of hydrogen-bond donors (Lipinski definition) is 1. The largest absolute Gasteiger partial charge is 0.493 e. The number of carbonyl (C=O) groups is 1. The molecule has 1 amide bonds. The first-order valence-corrected chi connectivity index (χ1v) is 10.6. The van der Waals surface area contributed by atoms with Crippen LogP contribution in [-0.2, 0) is 14.8 Å². The van der Waals surface area contributed by atoms with Gasteiger partial charge in [0.2, 0.25) is 5.91 Å². The van der Waals surface area contributed by atoms with Crippen molar-refractivity contribution in [2.45, 2.75) is 23.8 Å². The summed E-state index contributed by atoms with van der Waals surface area (Å²) in [5, 5.41) is 2.50. The molecule has 0 aliphatic heterocycles. The van der Waals surface area contributed by atoms with Crippen LogP contribution in [0.15, 0.2) is 41.3 Å². The molecule has 1 aliphatic carbocycles. The fourth-order valence-electron chi connectivity index (χ4n) is 2.69. The fraction of sp³-hybridized carbons (Fsp3) is 0.316. The molecule has 0 spiro atoms. The Labute approximate surface area is 173 Å². The summed E-state index contributed by atoms with van der Waals surface area (Å²) in [6.45, 7) is -0.477. The maximum atomic E-state index is 13.6. The Hall–Kier alpha value is -2.52. The molecule has 0 aromatic heterocycles. The average molecular weight is 443 g/mol. The first-order chi connectivity index (χ1) is 13.8. The summed E-state index contributed by atoms with van der Waals surface area (Å²) in [6, 6.07) is 7.62. The second-order valence-electron chi connectivity index (χ2n) is 6.47. The van der Waals surface area contributed by atoms with Gasteiger partial charge in [-0.2, -0.15) is 0 Å². The number of nitrogens with zero attached hydrogens (tertiary/aromatic N) is 1. The number of ether oxygens (including phenoxy) is 2. The number of nitrogens with one attached hydrogen (secondary N) is 1. The predicted molar refractivity (Wildman–Crippen MR) is 107 cm³/mol. The van der Waals surface area contributed by atoms with Crippen LogP contribution in [0.3, 0.4) is 0 Å². The van der Waals surface area contributed by atoms with Crippen LogP contribution < -0.4 is 19.1 Å². The molecule has 0 atom stereocenters. The third kappa shape index (κ3) is 4.73. The van der Waals surface area contributed by atoms with Crippen LogP contribution in [0.5, 0.6) is 11.5 Å². The Morgan fingerprint density at radius 2 is 1.86 bits per heavy atom. The second-order valence-corrected chi connectivity index (χ2v) is 8.74. The summed E-state index contributed by atoms with van der Waals surface area (Å²) < 4.78 is 51.5. The molecule has 156 valence electrons. The summed E-state index contributed by atoms with van der Waals surface area (Å²) in [5.74, 6) is -0.583. The van der Waals surface area contributed by atoms with Gasteiger partial charge < -0.3 is 14.8 Å². The molecule has 0 unspecified atom stereocenters. The molecule has 3 rings (SSSR count). The summed E-state index contributed by atoms with van der Waals surface area (Å²) in [7, 11) is -1.38. The van der Waals surface area contributed by atoms with Gasteiger partial charge >= 0.3 is 0 Å². The number of benzene rings is 2. The van der Waals surface area contributed by atoms with Crippen molar-refractivity contribution < 1.29 is 27.1 Å². The highest BCUT2D eigenvalue weighted by atomic mass is 35.5. The van der Waals surface area contributed by atoms with Crippen molar-refractivity contribution >= 4 is 33.2 Å². The van der Waals surface area contributed by atoms with Gasteiger partial charge in [-0.15, -0.1) is 0 Å². The highest BCUT2D eigenvalue weighted by Gasteiger charge is 2.31. The number of halogens is 2. The summed E-state index contributed by atoms with van der Waals surface area (Å²) in [4.78, 5) is 12.2. The maximum Gasteiger partial charge on any atom is 0.264 e. The SMILES string of the molecule is COc1ccc(S(=O)(=O)N(CC(=O)NC2CC2)c2ccc(F)c(Cl)c2)cc1OC. The van der Waals surface area contributed by atoms with E-state index in [1.54, 1.807) is 0 Å². The molecule has 2 aromatic carbocycles. The second kappa shape index (κ2) is 8.46. The lowest BCUT2D eigenvalue weighted by Gasteiger charge is -2.24. The highest BCUT2D eigenvalue weighted by Crippen LogP contribution is 2.33. The van der Waals surface area contributed by atoms with E-state index in [1.165, 1.54) is 44.6 Å². The molecule has 7 nitrogen and oxygen atoms in total. The zero-order valence-electron chi connectivity index (χ0n) is 15.8. The van der Waals surface area contributed by atoms with Gasteiger partial charge in [0, 0.05) is 12.1 Å². The zero-order chi connectivity index (χ0) is 21.2. The molecule has 0 saturated heterocycles. The van der Waals surface area contributed by atoms with Crippen molar-refractivity contribution in [3.63, 3.8) is 0 Å². The Morgan fingerprint density at radius 1 is 1.17 bits per heavy atom. The maximum absolute atomic E-state index is 13.6. The van der Waals surface area contributed by atoms with Crippen LogP contribution in [0, 0.1) is 5.82 Å². The number of carbonyl (C=O) groups excluding carboxylic acids is 1. The van der Waals surface area contributed by atoms with E-state index in [4.69, 9.17) is 21.1 Å². The molecule has 0 heterocycles. The molecule has 1 aliphatic rings. The van der Waals surface area contributed by atoms with Crippen LogP contribution in [-0.4, -0.2) is 41.1 Å². The number of rotatable bonds is 8. The molecule has 0 radical (unpaired) electrons. The molecule has 1 N–H and O–H groups in total. The molecular weight excluding hydrogens is 423 g/mol. The van der Waals surface area contributed by atoms with E-state index in [9.17, 15) is 17.6 Å². The predicted octanol–water partition coefficient (Wildman–Crippen LogP) is 2.97. The molecule has 29 heavy (non-hydrogen) atoms. The van der Waals surface area contributed by atoms with Crippen LogP contribution in [0.1, 0.15) is 12.8 Å². The Balaban J connectivity index is 2.03. The minimum absolute atomic E-state index is 0.0601. The van der Waals surface area contributed by atoms with Crippen molar-refractivity contribution in [3.05, 3.63) is 47.2 Å². The van der Waals surface area contributed by atoms with Crippen molar-refractivity contribution in [1.82, 2.24) is 5.32 Å². The van der Waals surface area contributed by atoms with Crippen LogP contribution >= 0.6 is 11.6 Å². The number of methoxy groups -OCH3 is 2. The fourth-order valence-corrected chi connectivity index (χ4v) is 4.29. The summed E-state index contributed by atoms with van der Waals surface area (Å²) >= 11 is 5.84. The Morgan fingerprint density at radius 3 is 2.45 bits per heavy atom. The minimum Gasteiger partial charge on any atom is -0.493 e. The van der Waals surface area contributed by atoms with E-state index < -0.39 is 28.3 Å². The molecule has 0 bridgehead atoms. The molecule has 2 aromatic rings. The van der Waals surface area contributed by atoms with Gasteiger partial charge in [-0.1, -0.05) is 11.6 Å². The molecular formula is C19H20ClFN2O5S. The lowest BCUT2D eigenvalue weighted by Crippen LogP contribution is -2.41. The minimum atomic E-state index is -4.20. The topological polar surface area (TPSA) is 84.9 Å². The molecule has 10 heteroatoms. The third-order valence-electron chi connectivity index (χ3n) is 4.36. The third-order valence-corrected chi connectivity index (χ3v) is 6.42. The van der Waals surface area contributed by atoms with Crippen molar-refractivity contribution in [2.24, 2.45) is 0 Å². The van der Waals surface area contributed by atoms with Crippen LogP contribution in [0.25, 0.3) is 0 Å². The number of amides is 1. The Kier molecular flexibility index (Phi) is 6.18. The zero-order valence-corrected chi connectivity index (χ0v) is 17.4. The number of hydrogen-bond acceptors (Lipinski definition) is 5. The Bertz CT molecular complexity index is 1030. The smallest absolute Gasteiger partial charge is 0.264 e. The monoisotopic (exact) mass is 442 g/mol. The van der Waals surface area contributed by atoms with E-state index in [0.717, 1.165) is 23.2 Å². The molecule has 1 saturated carbocycles. The van der Waals surface area contributed by atoms with Gasteiger partial charge in [0.15, 0.2) is 11.5 Å². The average Bonchev–Trinajstić information content (AvgIpc) is 3.51. The van der Waals surface area contributed by atoms with Gasteiger partial charge in [-0.3, -0.25) is 9.10 Å². The first kappa shape index (κ1) is 21.2. The van der Waals surface area contributed by atoms with Crippen LogP contribution in [0.2, 0.25) is 5.02 Å². The normalized spacial score (nSPS) is 13.7. The van der Waals surface area contributed by atoms with E-state index in [1.807, 2.05) is 0 Å². The number of sulfonamides is 1. The van der Waals surface area contributed by atoms with E-state index >= 15 is 0 Å². The van der Waals surface area contributed by atoms with Crippen LogP contribution in [0.4, 0.5) is 10.1 Å². The highest BCUT2D eigenvalue weighted by molar-refractivity contribution is 7.92. The van der Waals surface area contributed by atoms with Gasteiger partial charge in [0.1, 0.15) is 12.4 Å². The van der Waals surface area contributed by atoms with Gasteiger partial charge in [-0.05, 0) is 43.2 Å². The standard InChI is InChI=1S/C19H20ClFN2O5S/c1-27-17-8-6-14(10-18(17)28-2)29(25,26)23(11-19(24)22-12-3-4-12)13-5-7-16(21)15(20)9-13/h5-10,12H,3-4,11H2,1-2H3,(H,22,24).